The molecule has 1 N–H and O–H groups in total. The second-order valence-electron chi connectivity index (χ2n) is 4.05. The summed E-state index contributed by atoms with van der Waals surface area (Å²) in [6, 6.07) is 4.29. The molecule has 0 spiro atoms. The summed E-state index contributed by atoms with van der Waals surface area (Å²) in [4.78, 5) is 1.81. The van der Waals surface area contributed by atoms with Crippen LogP contribution in [0.5, 0.6) is 5.75 Å². The van der Waals surface area contributed by atoms with E-state index in [0.29, 0.717) is 12.4 Å². The summed E-state index contributed by atoms with van der Waals surface area (Å²) in [5.41, 5.74) is 0.830. The Hall–Kier alpha value is -1.11. The van der Waals surface area contributed by atoms with Gasteiger partial charge in [0.05, 0.1) is 4.90 Å². The summed E-state index contributed by atoms with van der Waals surface area (Å²) in [7, 11) is -0.331. The minimum Gasteiger partial charge on any atom is -0.492 e. The maximum absolute atomic E-state index is 11.0. The summed E-state index contributed by atoms with van der Waals surface area (Å²) >= 11 is 0. The van der Waals surface area contributed by atoms with Gasteiger partial charge in [0.15, 0.2) is 0 Å². The molecule has 6 heteroatoms. The van der Waals surface area contributed by atoms with E-state index in [4.69, 9.17) is 9.29 Å². The third-order valence-electron chi connectivity index (χ3n) is 2.25. The second-order valence-corrected chi connectivity index (χ2v) is 5.48. The van der Waals surface area contributed by atoms with Crippen molar-refractivity contribution in [2.24, 2.45) is 0 Å². The lowest BCUT2D eigenvalue weighted by Gasteiger charge is -2.13. The Morgan fingerprint density at radius 3 is 2.53 bits per heavy atom. The van der Waals surface area contributed by atoms with E-state index in [1.165, 1.54) is 12.1 Å². The van der Waals surface area contributed by atoms with Crippen LogP contribution in [0.15, 0.2) is 23.1 Å². The van der Waals surface area contributed by atoms with Crippen molar-refractivity contribution in [3.05, 3.63) is 23.8 Å². The molecule has 1 aromatic rings. The van der Waals surface area contributed by atoms with Gasteiger partial charge in [-0.05, 0) is 32.6 Å². The molecule has 0 heterocycles. The minimum atomic E-state index is -4.17. The number of hydrogen-bond acceptors (Lipinski definition) is 4. The fraction of sp³-hybridized carbons (Fsp3) is 0.455. The lowest BCUT2D eigenvalue weighted by molar-refractivity contribution is 0.259. The lowest BCUT2D eigenvalue weighted by atomic mass is 10.2. The monoisotopic (exact) mass is 259 g/mol. The van der Waals surface area contributed by atoms with Gasteiger partial charge in [-0.15, -0.1) is 0 Å². The molecule has 1 rings (SSSR count). The van der Waals surface area contributed by atoms with Gasteiger partial charge in [-0.1, -0.05) is 6.07 Å². The maximum Gasteiger partial charge on any atom is 0.294 e. The highest BCUT2D eigenvalue weighted by molar-refractivity contribution is 7.85. The molecule has 0 atom stereocenters. The standard InChI is InChI=1S/C11H17NO4S/c1-9-4-5-10(17(13,14)15)8-11(9)16-7-6-12(2)3/h4-5,8H,6-7H2,1-3H3,(H,13,14,15). The minimum absolute atomic E-state index is 0.150. The Kier molecular flexibility index (Phi) is 4.50. The van der Waals surface area contributed by atoms with Gasteiger partial charge in [0.1, 0.15) is 12.4 Å². The van der Waals surface area contributed by atoms with Gasteiger partial charge in [-0.25, -0.2) is 0 Å². The largest absolute Gasteiger partial charge is 0.492 e. The molecule has 96 valence electrons. The highest BCUT2D eigenvalue weighted by Gasteiger charge is 2.12. The van der Waals surface area contributed by atoms with Crippen LogP contribution in [0.3, 0.4) is 0 Å². The van der Waals surface area contributed by atoms with Crippen molar-refractivity contribution in [1.82, 2.24) is 4.90 Å². The van der Waals surface area contributed by atoms with Crippen LogP contribution >= 0.6 is 0 Å². The molecule has 0 aromatic heterocycles. The predicted octanol–water partition coefficient (Wildman–Crippen LogP) is 1.18. The fourth-order valence-corrected chi connectivity index (χ4v) is 1.73. The lowest BCUT2D eigenvalue weighted by Crippen LogP contribution is -2.19. The zero-order valence-electron chi connectivity index (χ0n) is 10.2. The van der Waals surface area contributed by atoms with E-state index in [9.17, 15) is 8.42 Å². The van der Waals surface area contributed by atoms with Crippen LogP contribution in [0.1, 0.15) is 5.56 Å². The van der Waals surface area contributed by atoms with Gasteiger partial charge in [-0.2, -0.15) is 8.42 Å². The molecule has 0 saturated heterocycles. The Morgan fingerprint density at radius 1 is 1.35 bits per heavy atom. The summed E-state index contributed by atoms with van der Waals surface area (Å²) in [5.74, 6) is 0.474. The van der Waals surface area contributed by atoms with Crippen LogP contribution in [0.25, 0.3) is 0 Å². The predicted molar refractivity (Wildman–Crippen MR) is 65.0 cm³/mol. The van der Waals surface area contributed by atoms with Gasteiger partial charge < -0.3 is 9.64 Å². The van der Waals surface area contributed by atoms with E-state index >= 15 is 0 Å². The number of ether oxygens (including phenoxy) is 1. The molecule has 0 aliphatic rings. The third-order valence-corrected chi connectivity index (χ3v) is 3.10. The molecule has 17 heavy (non-hydrogen) atoms. The van der Waals surface area contributed by atoms with Gasteiger partial charge in [0.2, 0.25) is 0 Å². The molecule has 0 aliphatic heterocycles. The van der Waals surface area contributed by atoms with E-state index in [1.54, 1.807) is 6.07 Å². The first kappa shape index (κ1) is 14.0. The van der Waals surface area contributed by atoms with E-state index in [0.717, 1.165) is 12.1 Å². The van der Waals surface area contributed by atoms with Crippen molar-refractivity contribution < 1.29 is 17.7 Å². The quantitative estimate of drug-likeness (QED) is 0.804. The van der Waals surface area contributed by atoms with Gasteiger partial charge >= 0.3 is 0 Å². The molecule has 0 aliphatic carbocycles. The average molecular weight is 259 g/mol. The SMILES string of the molecule is Cc1ccc(S(=O)(=O)O)cc1OCCN(C)C. The van der Waals surface area contributed by atoms with E-state index in [1.807, 2.05) is 25.9 Å². The fourth-order valence-electron chi connectivity index (χ4n) is 1.23. The van der Waals surface area contributed by atoms with Crippen molar-refractivity contribution in [2.45, 2.75) is 11.8 Å². The number of likely N-dealkylation sites (N-methyl/N-ethyl adjacent to an activating group) is 1. The third kappa shape index (κ3) is 4.33. The van der Waals surface area contributed by atoms with Crippen LogP contribution in [0.4, 0.5) is 0 Å². The van der Waals surface area contributed by atoms with Crippen molar-refractivity contribution in [3.63, 3.8) is 0 Å². The molecule has 1 aromatic carbocycles. The number of nitrogens with zero attached hydrogens (tertiary/aromatic N) is 1. The first-order chi connectivity index (χ1) is 7.80. The summed E-state index contributed by atoms with van der Waals surface area (Å²) in [6.07, 6.45) is 0. The van der Waals surface area contributed by atoms with Crippen molar-refractivity contribution >= 4 is 10.1 Å². The first-order valence-corrected chi connectivity index (χ1v) is 6.60. The number of rotatable bonds is 5. The van der Waals surface area contributed by atoms with Crippen molar-refractivity contribution in [2.75, 3.05) is 27.2 Å². The van der Waals surface area contributed by atoms with Crippen molar-refractivity contribution in [1.29, 1.82) is 0 Å². The summed E-state index contributed by atoms with van der Waals surface area (Å²) in [5, 5.41) is 0. The van der Waals surface area contributed by atoms with E-state index in [2.05, 4.69) is 0 Å². The second kappa shape index (κ2) is 5.48. The molecular weight excluding hydrogens is 242 g/mol. The van der Waals surface area contributed by atoms with E-state index < -0.39 is 10.1 Å². The highest BCUT2D eigenvalue weighted by atomic mass is 32.2. The number of aryl methyl sites for hydroxylation is 1. The average Bonchev–Trinajstić information content (AvgIpc) is 2.18. The van der Waals surface area contributed by atoms with Crippen LogP contribution in [0.2, 0.25) is 0 Å². The molecular formula is C11H17NO4S. The van der Waals surface area contributed by atoms with E-state index in [-0.39, 0.29) is 4.90 Å². The highest BCUT2D eigenvalue weighted by Crippen LogP contribution is 2.22. The molecule has 0 fully saturated rings. The Bertz CT molecular complexity index is 482. The molecule has 0 saturated carbocycles. The van der Waals surface area contributed by atoms with Gasteiger partial charge in [0, 0.05) is 12.6 Å². The molecule has 0 unspecified atom stereocenters. The Morgan fingerprint density at radius 2 is 2.00 bits per heavy atom. The molecule has 5 nitrogen and oxygen atoms in total. The smallest absolute Gasteiger partial charge is 0.294 e. The first-order valence-electron chi connectivity index (χ1n) is 5.16. The zero-order chi connectivity index (χ0) is 13.1. The van der Waals surface area contributed by atoms with Crippen molar-refractivity contribution in [3.8, 4) is 5.75 Å². The number of benzene rings is 1. The van der Waals surface area contributed by atoms with Crippen LogP contribution in [0, 0.1) is 6.92 Å². The Balaban J connectivity index is 2.84. The zero-order valence-corrected chi connectivity index (χ0v) is 11.0. The van der Waals surface area contributed by atoms with Gasteiger partial charge in [0.25, 0.3) is 10.1 Å². The maximum atomic E-state index is 11.0. The topological polar surface area (TPSA) is 66.8 Å². The molecule has 0 amide bonds. The normalized spacial score (nSPS) is 11.8. The number of hydrogen-bond donors (Lipinski definition) is 1. The Labute approximate surface area is 102 Å². The summed E-state index contributed by atoms with van der Waals surface area (Å²) < 4.78 is 36.3. The van der Waals surface area contributed by atoms with Gasteiger partial charge in [-0.3, -0.25) is 4.55 Å². The van der Waals surface area contributed by atoms with Crippen LogP contribution < -0.4 is 4.74 Å². The molecule has 0 bridgehead atoms. The summed E-state index contributed by atoms with van der Waals surface area (Å²) in [6.45, 7) is 3.01. The molecule has 0 radical (unpaired) electrons. The van der Waals surface area contributed by atoms with Crippen LogP contribution in [-0.4, -0.2) is 45.1 Å². The van der Waals surface area contributed by atoms with Crippen LogP contribution in [-0.2, 0) is 10.1 Å².